The summed E-state index contributed by atoms with van der Waals surface area (Å²) in [6, 6.07) is 3.70. The highest BCUT2D eigenvalue weighted by molar-refractivity contribution is 5.64. The Morgan fingerprint density at radius 1 is 1.50 bits per heavy atom. The van der Waals surface area contributed by atoms with Crippen LogP contribution in [0.2, 0.25) is 0 Å². The molecule has 2 aromatic heterocycles. The lowest BCUT2D eigenvalue weighted by Crippen LogP contribution is -2.01. The van der Waals surface area contributed by atoms with Gasteiger partial charge in [0.05, 0.1) is 17.6 Å². The van der Waals surface area contributed by atoms with Crippen LogP contribution in [0.15, 0.2) is 24.5 Å². The SMILES string of the molecule is NCc1cnc2c(N)cccn12. The van der Waals surface area contributed by atoms with Gasteiger partial charge in [-0.15, -0.1) is 0 Å². The number of imidazole rings is 1. The summed E-state index contributed by atoms with van der Waals surface area (Å²) in [7, 11) is 0. The van der Waals surface area contributed by atoms with Crippen molar-refractivity contribution in [1.29, 1.82) is 0 Å². The van der Waals surface area contributed by atoms with Gasteiger partial charge in [0.2, 0.25) is 0 Å². The van der Waals surface area contributed by atoms with Gasteiger partial charge in [-0.3, -0.25) is 0 Å². The lowest BCUT2D eigenvalue weighted by molar-refractivity contribution is 0.960. The zero-order chi connectivity index (χ0) is 8.55. The molecule has 0 saturated carbocycles. The maximum Gasteiger partial charge on any atom is 0.160 e. The second-order valence-electron chi connectivity index (χ2n) is 2.61. The molecule has 0 atom stereocenters. The third-order valence-corrected chi connectivity index (χ3v) is 1.85. The highest BCUT2D eigenvalue weighted by Gasteiger charge is 2.02. The molecular weight excluding hydrogens is 152 g/mol. The Bertz CT molecular complexity index is 404. The van der Waals surface area contributed by atoms with E-state index in [0.717, 1.165) is 11.3 Å². The second kappa shape index (κ2) is 2.49. The summed E-state index contributed by atoms with van der Waals surface area (Å²) < 4.78 is 1.90. The number of pyridine rings is 1. The van der Waals surface area contributed by atoms with E-state index in [9.17, 15) is 0 Å². The monoisotopic (exact) mass is 162 g/mol. The number of aromatic nitrogens is 2. The minimum absolute atomic E-state index is 0.477. The van der Waals surface area contributed by atoms with Gasteiger partial charge in [-0.25, -0.2) is 4.98 Å². The van der Waals surface area contributed by atoms with Gasteiger partial charge in [0.25, 0.3) is 0 Å². The van der Waals surface area contributed by atoms with E-state index in [1.54, 1.807) is 6.20 Å². The second-order valence-corrected chi connectivity index (χ2v) is 2.61. The number of nitrogen functional groups attached to an aromatic ring is 1. The zero-order valence-corrected chi connectivity index (χ0v) is 6.57. The molecule has 0 radical (unpaired) electrons. The molecule has 0 aliphatic heterocycles. The number of fused-ring (bicyclic) bond motifs is 1. The molecule has 0 saturated heterocycles. The minimum atomic E-state index is 0.477. The van der Waals surface area contributed by atoms with Crippen molar-refractivity contribution in [2.75, 3.05) is 5.73 Å². The summed E-state index contributed by atoms with van der Waals surface area (Å²) in [5.74, 6) is 0. The van der Waals surface area contributed by atoms with E-state index in [0.29, 0.717) is 12.2 Å². The molecule has 4 N–H and O–H groups in total. The van der Waals surface area contributed by atoms with Crippen molar-refractivity contribution in [2.24, 2.45) is 5.73 Å². The van der Waals surface area contributed by atoms with Gasteiger partial charge >= 0.3 is 0 Å². The van der Waals surface area contributed by atoms with Gasteiger partial charge in [0.15, 0.2) is 5.65 Å². The average molecular weight is 162 g/mol. The van der Waals surface area contributed by atoms with Gasteiger partial charge in [-0.1, -0.05) is 0 Å². The highest BCUT2D eigenvalue weighted by atomic mass is 15.0. The van der Waals surface area contributed by atoms with Gasteiger partial charge < -0.3 is 15.9 Å². The van der Waals surface area contributed by atoms with Crippen molar-refractivity contribution in [2.45, 2.75) is 6.54 Å². The van der Waals surface area contributed by atoms with Gasteiger partial charge in [-0.2, -0.15) is 0 Å². The summed E-state index contributed by atoms with van der Waals surface area (Å²) in [6.07, 6.45) is 3.65. The Hall–Kier alpha value is -1.55. The Morgan fingerprint density at radius 2 is 2.33 bits per heavy atom. The normalized spacial score (nSPS) is 10.8. The van der Waals surface area contributed by atoms with E-state index in [-0.39, 0.29) is 0 Å². The van der Waals surface area contributed by atoms with Crippen LogP contribution in [0, 0.1) is 0 Å². The molecule has 4 nitrogen and oxygen atoms in total. The molecule has 0 fully saturated rings. The van der Waals surface area contributed by atoms with Crippen molar-refractivity contribution >= 4 is 11.3 Å². The van der Waals surface area contributed by atoms with Crippen molar-refractivity contribution in [3.05, 3.63) is 30.2 Å². The summed E-state index contributed by atoms with van der Waals surface area (Å²) in [5.41, 5.74) is 13.6. The van der Waals surface area contributed by atoms with Crippen LogP contribution in [0.4, 0.5) is 5.69 Å². The van der Waals surface area contributed by atoms with Crippen LogP contribution in [0.3, 0.4) is 0 Å². The maximum atomic E-state index is 5.70. The number of nitrogens with zero attached hydrogens (tertiary/aromatic N) is 2. The fourth-order valence-corrected chi connectivity index (χ4v) is 1.23. The summed E-state index contributed by atoms with van der Waals surface area (Å²) in [5, 5.41) is 0. The fraction of sp³-hybridized carbons (Fsp3) is 0.125. The molecule has 2 rings (SSSR count). The van der Waals surface area contributed by atoms with Crippen LogP contribution >= 0.6 is 0 Å². The molecule has 0 bridgehead atoms. The molecule has 0 unspecified atom stereocenters. The Labute approximate surface area is 69.8 Å². The Kier molecular flexibility index (Phi) is 1.48. The smallest absolute Gasteiger partial charge is 0.160 e. The molecule has 0 aliphatic carbocycles. The van der Waals surface area contributed by atoms with Crippen LogP contribution < -0.4 is 11.5 Å². The van der Waals surface area contributed by atoms with Gasteiger partial charge in [-0.05, 0) is 12.1 Å². The largest absolute Gasteiger partial charge is 0.396 e. The van der Waals surface area contributed by atoms with Crippen LogP contribution in [-0.4, -0.2) is 9.38 Å². The number of hydrogen-bond acceptors (Lipinski definition) is 3. The topological polar surface area (TPSA) is 69.3 Å². The highest BCUT2D eigenvalue weighted by Crippen LogP contribution is 2.12. The number of rotatable bonds is 1. The van der Waals surface area contributed by atoms with E-state index in [1.165, 1.54) is 0 Å². The molecular formula is C8H10N4. The van der Waals surface area contributed by atoms with E-state index in [4.69, 9.17) is 11.5 Å². The third-order valence-electron chi connectivity index (χ3n) is 1.85. The van der Waals surface area contributed by atoms with Crippen molar-refractivity contribution < 1.29 is 0 Å². The van der Waals surface area contributed by atoms with E-state index in [2.05, 4.69) is 4.98 Å². The van der Waals surface area contributed by atoms with E-state index >= 15 is 0 Å². The lowest BCUT2D eigenvalue weighted by atomic mass is 10.4. The lowest BCUT2D eigenvalue weighted by Gasteiger charge is -1.98. The first-order chi connectivity index (χ1) is 5.83. The molecule has 0 amide bonds. The van der Waals surface area contributed by atoms with Crippen molar-refractivity contribution in [1.82, 2.24) is 9.38 Å². The third kappa shape index (κ3) is 0.853. The molecule has 4 heteroatoms. The van der Waals surface area contributed by atoms with E-state index < -0.39 is 0 Å². The van der Waals surface area contributed by atoms with Crippen LogP contribution in [0.25, 0.3) is 5.65 Å². The summed E-state index contributed by atoms with van der Waals surface area (Å²) in [6.45, 7) is 0.477. The molecule has 12 heavy (non-hydrogen) atoms. The first kappa shape index (κ1) is 7.12. The summed E-state index contributed by atoms with van der Waals surface area (Å²) >= 11 is 0. The Morgan fingerprint density at radius 3 is 3.08 bits per heavy atom. The van der Waals surface area contributed by atoms with Crippen molar-refractivity contribution in [3.8, 4) is 0 Å². The van der Waals surface area contributed by atoms with Gasteiger partial charge in [0, 0.05) is 12.7 Å². The van der Waals surface area contributed by atoms with Crippen LogP contribution in [-0.2, 0) is 6.54 Å². The maximum absolute atomic E-state index is 5.70. The molecule has 2 aromatic rings. The van der Waals surface area contributed by atoms with Crippen LogP contribution in [0.1, 0.15) is 5.69 Å². The first-order valence-corrected chi connectivity index (χ1v) is 3.73. The number of nitrogens with two attached hydrogens (primary N) is 2. The quantitative estimate of drug-likeness (QED) is 0.636. The predicted octanol–water partition coefficient (Wildman–Crippen LogP) is 0.375. The molecule has 0 aromatic carbocycles. The molecule has 62 valence electrons. The zero-order valence-electron chi connectivity index (χ0n) is 6.57. The first-order valence-electron chi connectivity index (χ1n) is 3.73. The fourth-order valence-electron chi connectivity index (χ4n) is 1.23. The number of anilines is 1. The molecule has 2 heterocycles. The summed E-state index contributed by atoms with van der Waals surface area (Å²) in [4.78, 5) is 4.15. The van der Waals surface area contributed by atoms with Crippen LogP contribution in [0.5, 0.6) is 0 Å². The minimum Gasteiger partial charge on any atom is -0.396 e. The van der Waals surface area contributed by atoms with E-state index in [1.807, 2.05) is 22.7 Å². The predicted molar refractivity (Wildman–Crippen MR) is 47.5 cm³/mol. The van der Waals surface area contributed by atoms with Crippen molar-refractivity contribution in [3.63, 3.8) is 0 Å². The molecule has 0 spiro atoms. The van der Waals surface area contributed by atoms with Gasteiger partial charge in [0.1, 0.15) is 0 Å². The molecule has 0 aliphatic rings. The number of hydrogen-bond donors (Lipinski definition) is 2. The standard InChI is InChI=1S/C8H10N4/c9-4-6-5-11-8-7(10)2-1-3-12(6)8/h1-3,5H,4,9-10H2. The Balaban J connectivity index is 2.80. The average Bonchev–Trinajstić information content (AvgIpc) is 2.49.